The number of aryl methyl sites for hydroxylation is 2. The van der Waals surface area contributed by atoms with Gasteiger partial charge in [0, 0.05) is 23.7 Å². The number of nitrogens with one attached hydrogen (secondary N) is 1. The maximum atomic E-state index is 11.9. The Morgan fingerprint density at radius 3 is 2.85 bits per heavy atom. The van der Waals surface area contributed by atoms with Gasteiger partial charge in [-0.25, -0.2) is 10.1 Å². The van der Waals surface area contributed by atoms with Gasteiger partial charge in [0.2, 0.25) is 5.88 Å². The van der Waals surface area contributed by atoms with Gasteiger partial charge < -0.3 is 9.47 Å². The van der Waals surface area contributed by atoms with Crippen LogP contribution in [0.15, 0.2) is 35.3 Å². The third kappa shape index (κ3) is 2.73. The summed E-state index contributed by atoms with van der Waals surface area (Å²) in [6, 6.07) is 7.65. The summed E-state index contributed by atoms with van der Waals surface area (Å²) in [6.07, 6.45) is 2.49. The first kappa shape index (κ1) is 16.3. The number of H-pyrrole nitrogens is 1. The van der Waals surface area contributed by atoms with Crippen LogP contribution in [-0.4, -0.2) is 21.8 Å². The molecule has 0 saturated carbocycles. The Hall–Kier alpha value is -3.15. The molecule has 0 aliphatic carbocycles. The Labute approximate surface area is 150 Å². The Morgan fingerprint density at radius 1 is 1.19 bits per heavy atom. The number of benzene rings is 1. The lowest BCUT2D eigenvalue weighted by Gasteiger charge is -2.13. The molecule has 1 aliphatic heterocycles. The first-order valence-corrected chi connectivity index (χ1v) is 8.50. The monoisotopic (exact) mass is 349 g/mol. The Kier molecular flexibility index (Phi) is 3.95. The molecular formula is C20H19N3O3. The zero-order valence-electron chi connectivity index (χ0n) is 14.9. The molecule has 1 aliphatic rings. The minimum absolute atomic E-state index is 0.172. The number of hydrogen-bond donors (Lipinski definition) is 1. The van der Waals surface area contributed by atoms with Gasteiger partial charge in [0.1, 0.15) is 11.5 Å². The normalized spacial score (nSPS) is 12.6. The summed E-state index contributed by atoms with van der Waals surface area (Å²) < 4.78 is 11.6. The highest BCUT2D eigenvalue weighted by atomic mass is 16.5. The molecule has 3 heterocycles. The minimum atomic E-state index is -0.172. The van der Waals surface area contributed by atoms with E-state index in [1.165, 1.54) is 0 Å². The molecule has 0 radical (unpaired) electrons. The number of aromatic nitrogens is 3. The van der Waals surface area contributed by atoms with Crippen LogP contribution < -0.4 is 15.0 Å². The fraction of sp³-hybridized carbons (Fsp3) is 0.250. The molecule has 0 bridgehead atoms. The van der Waals surface area contributed by atoms with Crippen molar-refractivity contribution in [2.24, 2.45) is 0 Å². The molecular weight excluding hydrogens is 330 g/mol. The molecule has 2 aromatic heterocycles. The predicted molar refractivity (Wildman–Crippen MR) is 98.0 cm³/mol. The summed E-state index contributed by atoms with van der Waals surface area (Å²) in [5.41, 5.74) is 5.12. The average Bonchev–Trinajstić information content (AvgIpc) is 3.10. The van der Waals surface area contributed by atoms with Crippen molar-refractivity contribution in [1.82, 2.24) is 15.2 Å². The van der Waals surface area contributed by atoms with Gasteiger partial charge in [-0.05, 0) is 50.1 Å². The molecule has 0 fully saturated rings. The van der Waals surface area contributed by atoms with Crippen molar-refractivity contribution in [3.05, 3.63) is 63.2 Å². The summed E-state index contributed by atoms with van der Waals surface area (Å²) in [5.74, 6) is 2.12. The molecule has 4 rings (SSSR count). The topological polar surface area (TPSA) is 77.1 Å². The van der Waals surface area contributed by atoms with Gasteiger partial charge in [-0.1, -0.05) is 6.07 Å². The largest absolute Gasteiger partial charge is 0.493 e. The zero-order valence-corrected chi connectivity index (χ0v) is 14.9. The van der Waals surface area contributed by atoms with Crippen molar-refractivity contribution in [2.75, 3.05) is 6.61 Å². The van der Waals surface area contributed by atoms with E-state index in [1.54, 1.807) is 6.20 Å². The van der Waals surface area contributed by atoms with Gasteiger partial charge in [-0.3, -0.25) is 4.79 Å². The van der Waals surface area contributed by atoms with E-state index in [2.05, 4.69) is 15.2 Å². The van der Waals surface area contributed by atoms with Crippen molar-refractivity contribution < 1.29 is 9.47 Å². The third-order valence-electron chi connectivity index (χ3n) is 4.67. The molecule has 6 nitrogen and oxygen atoms in total. The van der Waals surface area contributed by atoms with Crippen LogP contribution in [0.4, 0.5) is 0 Å². The summed E-state index contributed by atoms with van der Waals surface area (Å²) in [7, 11) is 0. The highest BCUT2D eigenvalue weighted by molar-refractivity contribution is 5.72. The number of pyridine rings is 1. The summed E-state index contributed by atoms with van der Waals surface area (Å²) in [6.45, 7) is 6.35. The van der Waals surface area contributed by atoms with E-state index in [0.717, 1.165) is 40.1 Å². The van der Waals surface area contributed by atoms with Crippen molar-refractivity contribution in [2.45, 2.75) is 27.2 Å². The van der Waals surface area contributed by atoms with Crippen LogP contribution in [0.3, 0.4) is 0 Å². The van der Waals surface area contributed by atoms with Crippen molar-refractivity contribution in [1.29, 1.82) is 0 Å². The Balaban J connectivity index is 1.71. The van der Waals surface area contributed by atoms with Crippen LogP contribution in [0.25, 0.3) is 11.1 Å². The molecule has 1 N–H and O–H groups in total. The maximum absolute atomic E-state index is 11.9. The van der Waals surface area contributed by atoms with Crippen LogP contribution in [-0.2, 0) is 6.42 Å². The van der Waals surface area contributed by atoms with E-state index in [4.69, 9.17) is 9.47 Å². The average molecular weight is 349 g/mol. The van der Waals surface area contributed by atoms with Gasteiger partial charge >= 0.3 is 0 Å². The second-order valence-corrected chi connectivity index (χ2v) is 6.41. The zero-order chi connectivity index (χ0) is 18.3. The second-order valence-electron chi connectivity index (χ2n) is 6.41. The molecule has 6 heteroatoms. The fourth-order valence-electron chi connectivity index (χ4n) is 3.32. The maximum Gasteiger partial charge on any atom is 0.267 e. The molecule has 132 valence electrons. The standard InChI is InChI=1S/C20H19N3O3/c1-11-10-14(26-20-16-7-9-25-17(16)6-8-21-20)4-5-15(11)18-12(2)19(24)23-22-13(18)3/h4-6,8,10H,7,9H2,1-3H3,(H,23,24). The molecule has 1 aromatic carbocycles. The van der Waals surface area contributed by atoms with E-state index in [9.17, 15) is 4.79 Å². The van der Waals surface area contributed by atoms with Gasteiger partial charge in [-0.2, -0.15) is 5.10 Å². The van der Waals surface area contributed by atoms with Crippen LogP contribution >= 0.6 is 0 Å². The first-order chi connectivity index (χ1) is 12.5. The molecule has 0 atom stereocenters. The number of rotatable bonds is 3. The molecule has 0 spiro atoms. The fourth-order valence-corrected chi connectivity index (χ4v) is 3.32. The minimum Gasteiger partial charge on any atom is -0.493 e. The van der Waals surface area contributed by atoms with E-state index in [-0.39, 0.29) is 5.56 Å². The number of nitrogens with zero attached hydrogens (tertiary/aromatic N) is 2. The van der Waals surface area contributed by atoms with Gasteiger partial charge in [0.15, 0.2) is 0 Å². The van der Waals surface area contributed by atoms with Crippen LogP contribution in [0, 0.1) is 20.8 Å². The van der Waals surface area contributed by atoms with E-state index in [1.807, 2.05) is 45.0 Å². The van der Waals surface area contributed by atoms with Crippen molar-refractivity contribution >= 4 is 0 Å². The third-order valence-corrected chi connectivity index (χ3v) is 4.67. The van der Waals surface area contributed by atoms with E-state index >= 15 is 0 Å². The van der Waals surface area contributed by atoms with Crippen LogP contribution in [0.2, 0.25) is 0 Å². The van der Waals surface area contributed by atoms with Crippen molar-refractivity contribution in [3.8, 4) is 28.5 Å². The number of ether oxygens (including phenoxy) is 2. The lowest BCUT2D eigenvalue weighted by atomic mass is 9.96. The van der Waals surface area contributed by atoms with Crippen LogP contribution in [0.1, 0.15) is 22.4 Å². The SMILES string of the molecule is Cc1cc(Oc2nccc3c2CCO3)ccc1-c1c(C)n[nH]c(=O)c1C. The number of fused-ring (bicyclic) bond motifs is 1. The van der Waals surface area contributed by atoms with Crippen LogP contribution in [0.5, 0.6) is 17.4 Å². The highest BCUT2D eigenvalue weighted by Gasteiger charge is 2.19. The quantitative estimate of drug-likeness (QED) is 0.783. The number of hydrogen-bond acceptors (Lipinski definition) is 5. The predicted octanol–water partition coefficient (Wildman–Crippen LogP) is 3.48. The van der Waals surface area contributed by atoms with Gasteiger partial charge in [0.25, 0.3) is 5.56 Å². The second kappa shape index (κ2) is 6.29. The van der Waals surface area contributed by atoms with Gasteiger partial charge in [-0.15, -0.1) is 0 Å². The Morgan fingerprint density at radius 2 is 2.04 bits per heavy atom. The molecule has 0 saturated heterocycles. The number of aromatic amines is 1. The molecule has 3 aromatic rings. The summed E-state index contributed by atoms with van der Waals surface area (Å²) >= 11 is 0. The molecule has 0 amide bonds. The first-order valence-electron chi connectivity index (χ1n) is 8.50. The summed E-state index contributed by atoms with van der Waals surface area (Å²) in [5, 5.41) is 6.61. The van der Waals surface area contributed by atoms with Crippen molar-refractivity contribution in [3.63, 3.8) is 0 Å². The molecule has 26 heavy (non-hydrogen) atoms. The smallest absolute Gasteiger partial charge is 0.267 e. The lowest BCUT2D eigenvalue weighted by molar-refractivity contribution is 0.356. The van der Waals surface area contributed by atoms with E-state index in [0.29, 0.717) is 23.8 Å². The van der Waals surface area contributed by atoms with Gasteiger partial charge in [0.05, 0.1) is 17.9 Å². The molecule has 0 unspecified atom stereocenters. The lowest BCUT2D eigenvalue weighted by Crippen LogP contribution is -2.14. The Bertz CT molecular complexity index is 1060. The summed E-state index contributed by atoms with van der Waals surface area (Å²) in [4.78, 5) is 16.3. The highest BCUT2D eigenvalue weighted by Crippen LogP contribution is 2.35. The van der Waals surface area contributed by atoms with E-state index < -0.39 is 0 Å².